The minimum atomic E-state index is -0.0985. The molecule has 10 heavy (non-hydrogen) atoms. The lowest BCUT2D eigenvalue weighted by Gasteiger charge is -2.02. The highest BCUT2D eigenvalue weighted by Gasteiger charge is 1.97. The molecule has 0 bridgehead atoms. The van der Waals surface area contributed by atoms with E-state index in [1.165, 1.54) is 0 Å². The number of hydrogen-bond donors (Lipinski definition) is 2. The van der Waals surface area contributed by atoms with Crippen LogP contribution in [-0.4, -0.2) is 24.5 Å². The number of nitrogens with zero attached hydrogens (tertiary/aromatic N) is 1. The molecule has 0 aliphatic heterocycles. The Kier molecular flexibility index (Phi) is 3.72. The van der Waals surface area contributed by atoms with Crippen LogP contribution in [-0.2, 0) is 0 Å². The molecule has 0 rings (SSSR count). The molecule has 0 unspecified atom stereocenters. The molecule has 0 saturated carbocycles. The fourth-order valence-electron chi connectivity index (χ4n) is 0.519. The van der Waals surface area contributed by atoms with Gasteiger partial charge >= 0.3 is 0 Å². The Balaban J connectivity index is 4.46. The van der Waals surface area contributed by atoms with Crippen LogP contribution in [0.25, 0.3) is 0 Å². The summed E-state index contributed by atoms with van der Waals surface area (Å²) in [4.78, 5) is 3.93. The van der Waals surface area contributed by atoms with Crippen LogP contribution in [0.3, 0.4) is 0 Å². The van der Waals surface area contributed by atoms with Crippen LogP contribution in [0, 0.1) is 0 Å². The number of rotatable bonds is 2. The maximum Gasteiger partial charge on any atom is 0.0828 e. The van der Waals surface area contributed by atoms with Crippen LogP contribution in [0.5, 0.6) is 0 Å². The summed E-state index contributed by atoms with van der Waals surface area (Å²) in [6.07, 6.45) is 0. The molecule has 0 spiro atoms. The maximum absolute atomic E-state index is 8.61. The van der Waals surface area contributed by atoms with Crippen molar-refractivity contribution in [3.8, 4) is 0 Å². The van der Waals surface area contributed by atoms with E-state index in [4.69, 9.17) is 10.8 Å². The monoisotopic (exact) mass is 142 g/mol. The SMILES string of the molecule is CN=C(C)C(C)=C(N)CO. The lowest BCUT2D eigenvalue weighted by atomic mass is 10.1. The quantitative estimate of drug-likeness (QED) is 0.545. The zero-order valence-corrected chi connectivity index (χ0v) is 6.68. The highest BCUT2D eigenvalue weighted by Crippen LogP contribution is 1.99. The van der Waals surface area contributed by atoms with Crippen LogP contribution < -0.4 is 5.73 Å². The number of aliphatic hydroxyl groups excluding tert-OH is 1. The van der Waals surface area contributed by atoms with Crippen molar-refractivity contribution >= 4 is 5.71 Å². The number of aliphatic imine (C=N–C) groups is 1. The Labute approximate surface area is 61.3 Å². The van der Waals surface area contributed by atoms with Gasteiger partial charge in [-0.25, -0.2) is 0 Å². The lowest BCUT2D eigenvalue weighted by molar-refractivity contribution is 0.329. The van der Waals surface area contributed by atoms with Gasteiger partial charge in [-0.2, -0.15) is 0 Å². The highest BCUT2D eigenvalue weighted by atomic mass is 16.3. The van der Waals surface area contributed by atoms with Crippen molar-refractivity contribution in [2.45, 2.75) is 13.8 Å². The molecule has 0 aromatic carbocycles. The van der Waals surface area contributed by atoms with Crippen LogP contribution in [0.15, 0.2) is 16.3 Å². The summed E-state index contributed by atoms with van der Waals surface area (Å²) in [7, 11) is 1.70. The average Bonchev–Trinajstić information content (AvgIpc) is 2.00. The number of aliphatic hydroxyl groups is 1. The Morgan fingerprint density at radius 2 is 2.00 bits per heavy atom. The molecule has 0 aliphatic carbocycles. The van der Waals surface area contributed by atoms with Crippen LogP contribution in [0.1, 0.15) is 13.8 Å². The standard InChI is InChI=1S/C7H14N2O/c1-5(6(2)9-3)7(8)4-10/h10H,4,8H2,1-3H3. The fraction of sp³-hybridized carbons (Fsp3) is 0.571. The van der Waals surface area contributed by atoms with Gasteiger partial charge in [0, 0.05) is 18.5 Å². The van der Waals surface area contributed by atoms with Gasteiger partial charge in [0.15, 0.2) is 0 Å². The van der Waals surface area contributed by atoms with E-state index in [1.54, 1.807) is 7.05 Å². The summed E-state index contributed by atoms with van der Waals surface area (Å²) in [5.74, 6) is 0. The summed E-state index contributed by atoms with van der Waals surface area (Å²) < 4.78 is 0. The summed E-state index contributed by atoms with van der Waals surface area (Å²) in [5, 5.41) is 8.61. The minimum Gasteiger partial charge on any atom is -0.400 e. The van der Waals surface area contributed by atoms with Crippen molar-refractivity contribution in [1.29, 1.82) is 0 Å². The predicted molar refractivity (Wildman–Crippen MR) is 43.0 cm³/mol. The van der Waals surface area contributed by atoms with Crippen molar-refractivity contribution in [1.82, 2.24) is 0 Å². The molecule has 0 amide bonds. The zero-order chi connectivity index (χ0) is 8.15. The van der Waals surface area contributed by atoms with E-state index in [1.807, 2.05) is 13.8 Å². The molecule has 58 valence electrons. The van der Waals surface area contributed by atoms with Crippen molar-refractivity contribution < 1.29 is 5.11 Å². The van der Waals surface area contributed by atoms with E-state index in [9.17, 15) is 0 Å². The van der Waals surface area contributed by atoms with Gasteiger partial charge in [0.05, 0.1) is 6.61 Å². The van der Waals surface area contributed by atoms with Gasteiger partial charge in [0.25, 0.3) is 0 Å². The lowest BCUT2D eigenvalue weighted by Crippen LogP contribution is -2.09. The molecule has 3 nitrogen and oxygen atoms in total. The second kappa shape index (κ2) is 4.06. The van der Waals surface area contributed by atoms with Crippen molar-refractivity contribution in [2.24, 2.45) is 10.7 Å². The molecule has 0 radical (unpaired) electrons. The summed E-state index contributed by atoms with van der Waals surface area (Å²) >= 11 is 0. The molecule has 0 atom stereocenters. The Morgan fingerprint density at radius 1 is 1.50 bits per heavy atom. The van der Waals surface area contributed by atoms with E-state index in [2.05, 4.69) is 4.99 Å². The molecule has 0 heterocycles. The first-order chi connectivity index (χ1) is 4.63. The normalized spacial score (nSPS) is 15.0. The summed E-state index contributed by atoms with van der Waals surface area (Å²) in [5.41, 5.74) is 7.66. The number of nitrogens with two attached hydrogens (primary N) is 1. The van der Waals surface area contributed by atoms with Crippen molar-refractivity contribution in [3.63, 3.8) is 0 Å². The van der Waals surface area contributed by atoms with E-state index >= 15 is 0 Å². The van der Waals surface area contributed by atoms with E-state index < -0.39 is 0 Å². The summed E-state index contributed by atoms with van der Waals surface area (Å²) in [6, 6.07) is 0. The van der Waals surface area contributed by atoms with Gasteiger partial charge < -0.3 is 10.8 Å². The molecule has 0 aromatic rings. The van der Waals surface area contributed by atoms with E-state index in [-0.39, 0.29) is 6.61 Å². The zero-order valence-electron chi connectivity index (χ0n) is 6.68. The van der Waals surface area contributed by atoms with Gasteiger partial charge in [0.2, 0.25) is 0 Å². The summed E-state index contributed by atoms with van der Waals surface area (Å²) in [6.45, 7) is 3.60. The predicted octanol–water partition coefficient (Wildman–Crippen LogP) is 0.302. The maximum atomic E-state index is 8.61. The molecule has 0 saturated heterocycles. The average molecular weight is 142 g/mol. The molecule has 0 aromatic heterocycles. The Bertz CT molecular complexity index is 170. The Hall–Kier alpha value is -0.830. The van der Waals surface area contributed by atoms with Gasteiger partial charge in [0.1, 0.15) is 0 Å². The van der Waals surface area contributed by atoms with Gasteiger partial charge in [-0.05, 0) is 19.4 Å². The third-order valence-corrected chi connectivity index (χ3v) is 1.53. The molecule has 0 fully saturated rings. The third-order valence-electron chi connectivity index (χ3n) is 1.53. The van der Waals surface area contributed by atoms with Crippen LogP contribution in [0.2, 0.25) is 0 Å². The molecule has 3 heteroatoms. The van der Waals surface area contributed by atoms with E-state index in [0.717, 1.165) is 11.3 Å². The van der Waals surface area contributed by atoms with Crippen LogP contribution in [0.4, 0.5) is 0 Å². The smallest absolute Gasteiger partial charge is 0.0828 e. The first-order valence-electron chi connectivity index (χ1n) is 3.13. The van der Waals surface area contributed by atoms with Crippen molar-refractivity contribution in [2.75, 3.05) is 13.7 Å². The van der Waals surface area contributed by atoms with Crippen molar-refractivity contribution in [3.05, 3.63) is 11.3 Å². The Morgan fingerprint density at radius 3 is 2.30 bits per heavy atom. The van der Waals surface area contributed by atoms with Crippen LogP contribution >= 0.6 is 0 Å². The molecular weight excluding hydrogens is 128 g/mol. The molecular formula is C7H14N2O. The van der Waals surface area contributed by atoms with Gasteiger partial charge in [-0.15, -0.1) is 0 Å². The topological polar surface area (TPSA) is 58.6 Å². The van der Waals surface area contributed by atoms with Gasteiger partial charge in [-0.1, -0.05) is 0 Å². The fourth-order valence-corrected chi connectivity index (χ4v) is 0.519. The second-order valence-corrected chi connectivity index (χ2v) is 2.12. The largest absolute Gasteiger partial charge is 0.400 e. The molecule has 0 aliphatic rings. The molecule has 3 N–H and O–H groups in total. The second-order valence-electron chi connectivity index (χ2n) is 2.12. The van der Waals surface area contributed by atoms with E-state index in [0.29, 0.717) is 5.70 Å². The number of allylic oxidation sites excluding steroid dienone is 1. The number of hydrogen-bond acceptors (Lipinski definition) is 3. The first kappa shape index (κ1) is 9.17. The van der Waals surface area contributed by atoms with Gasteiger partial charge in [-0.3, -0.25) is 4.99 Å². The minimum absolute atomic E-state index is 0.0985. The highest BCUT2D eigenvalue weighted by molar-refractivity contribution is 5.98. The first-order valence-corrected chi connectivity index (χ1v) is 3.13. The third kappa shape index (κ3) is 2.19.